The second kappa shape index (κ2) is 6.59. The van der Waals surface area contributed by atoms with Crippen molar-refractivity contribution in [1.29, 1.82) is 0 Å². The maximum Gasteiger partial charge on any atom is 0.308 e. The molecule has 126 valence electrons. The number of benzene rings is 1. The van der Waals surface area contributed by atoms with Gasteiger partial charge in [-0.3, -0.25) is 14.6 Å². The molecule has 1 fully saturated rings. The third kappa shape index (κ3) is 3.11. The van der Waals surface area contributed by atoms with Crippen LogP contribution in [-0.4, -0.2) is 40.0 Å². The van der Waals surface area contributed by atoms with E-state index >= 15 is 0 Å². The molecule has 5 heteroatoms. The van der Waals surface area contributed by atoms with Crippen molar-refractivity contribution in [2.75, 3.05) is 13.1 Å². The Balaban J connectivity index is 2.01. The summed E-state index contributed by atoms with van der Waals surface area (Å²) in [6.07, 6.45) is 1.36. The second-order valence-electron chi connectivity index (χ2n) is 6.70. The topological polar surface area (TPSA) is 70.5 Å². The highest BCUT2D eigenvalue weighted by Crippen LogP contribution is 2.25. The Bertz CT molecular complexity index is 785. The van der Waals surface area contributed by atoms with Crippen molar-refractivity contribution in [2.45, 2.75) is 32.6 Å². The van der Waals surface area contributed by atoms with Crippen molar-refractivity contribution >= 4 is 22.8 Å². The Morgan fingerprint density at radius 2 is 2.04 bits per heavy atom. The minimum absolute atomic E-state index is 0.0959. The quantitative estimate of drug-likeness (QED) is 0.939. The van der Waals surface area contributed by atoms with Gasteiger partial charge in [0.05, 0.1) is 17.0 Å². The molecular formula is C19H22N2O3. The normalized spacial score (nSPS) is 18.1. The second-order valence-corrected chi connectivity index (χ2v) is 6.70. The number of pyridine rings is 1. The van der Waals surface area contributed by atoms with E-state index in [1.165, 1.54) is 0 Å². The van der Waals surface area contributed by atoms with E-state index in [9.17, 15) is 14.7 Å². The largest absolute Gasteiger partial charge is 0.481 e. The van der Waals surface area contributed by atoms with Gasteiger partial charge in [-0.25, -0.2) is 0 Å². The van der Waals surface area contributed by atoms with Crippen molar-refractivity contribution < 1.29 is 14.7 Å². The van der Waals surface area contributed by atoms with Crippen LogP contribution in [-0.2, 0) is 4.79 Å². The lowest BCUT2D eigenvalue weighted by molar-refractivity contribution is -0.143. The number of nitrogens with zero attached hydrogens (tertiary/aromatic N) is 2. The molecule has 1 aromatic carbocycles. The monoisotopic (exact) mass is 326 g/mol. The van der Waals surface area contributed by atoms with Crippen LogP contribution in [0.15, 0.2) is 30.3 Å². The van der Waals surface area contributed by atoms with Crippen molar-refractivity contribution in [3.05, 3.63) is 41.6 Å². The number of likely N-dealkylation sites (tertiary alicyclic amines) is 1. The smallest absolute Gasteiger partial charge is 0.308 e. The molecule has 5 nitrogen and oxygen atoms in total. The number of fused-ring (bicyclic) bond motifs is 1. The zero-order valence-electron chi connectivity index (χ0n) is 14.0. The summed E-state index contributed by atoms with van der Waals surface area (Å²) in [6, 6.07) is 9.48. The fraction of sp³-hybridized carbons (Fsp3) is 0.421. The number of hydrogen-bond donors (Lipinski definition) is 1. The molecule has 2 heterocycles. The Morgan fingerprint density at radius 1 is 1.29 bits per heavy atom. The number of carboxylic acid groups (broad SMARTS) is 1. The molecule has 3 rings (SSSR count). The molecule has 0 aliphatic carbocycles. The van der Waals surface area contributed by atoms with E-state index in [0.717, 1.165) is 23.0 Å². The number of para-hydroxylation sites is 1. The van der Waals surface area contributed by atoms with Gasteiger partial charge in [0.1, 0.15) is 0 Å². The van der Waals surface area contributed by atoms with E-state index in [-0.39, 0.29) is 18.4 Å². The molecule has 1 saturated heterocycles. The number of amides is 1. The van der Waals surface area contributed by atoms with Gasteiger partial charge in [-0.05, 0) is 30.9 Å². The van der Waals surface area contributed by atoms with Crippen LogP contribution in [0.2, 0.25) is 0 Å². The first-order valence-corrected chi connectivity index (χ1v) is 8.39. The number of carboxylic acids is 1. The molecular weight excluding hydrogens is 304 g/mol. The van der Waals surface area contributed by atoms with Gasteiger partial charge in [0.25, 0.3) is 5.91 Å². The predicted octanol–water partition coefficient (Wildman–Crippen LogP) is 3.30. The minimum atomic E-state index is -0.824. The first-order chi connectivity index (χ1) is 11.5. The Hall–Kier alpha value is -2.43. The highest BCUT2D eigenvalue weighted by molar-refractivity contribution is 6.06. The average Bonchev–Trinajstić information content (AvgIpc) is 2.60. The Morgan fingerprint density at radius 3 is 2.75 bits per heavy atom. The maximum absolute atomic E-state index is 13.1. The van der Waals surface area contributed by atoms with Crippen LogP contribution in [0.4, 0.5) is 0 Å². The predicted molar refractivity (Wildman–Crippen MR) is 92.1 cm³/mol. The van der Waals surface area contributed by atoms with Crippen LogP contribution < -0.4 is 0 Å². The van der Waals surface area contributed by atoms with Gasteiger partial charge in [0.15, 0.2) is 0 Å². The lowest BCUT2D eigenvalue weighted by Crippen LogP contribution is -2.42. The summed E-state index contributed by atoms with van der Waals surface area (Å²) < 4.78 is 0. The van der Waals surface area contributed by atoms with Crippen molar-refractivity contribution in [1.82, 2.24) is 9.88 Å². The van der Waals surface area contributed by atoms with Gasteiger partial charge < -0.3 is 10.0 Å². The van der Waals surface area contributed by atoms with Crippen LogP contribution in [0, 0.1) is 5.92 Å². The van der Waals surface area contributed by atoms with E-state index in [2.05, 4.69) is 4.98 Å². The first-order valence-electron chi connectivity index (χ1n) is 8.39. The fourth-order valence-corrected chi connectivity index (χ4v) is 3.20. The SMILES string of the molecule is CC(C)c1cc(C(=O)N2CCC[C@H](C(=O)O)C2)c2ccccc2n1. The number of carbonyl (C=O) groups is 2. The lowest BCUT2D eigenvalue weighted by Gasteiger charge is -2.31. The van der Waals surface area contributed by atoms with E-state index in [0.29, 0.717) is 18.5 Å². The summed E-state index contributed by atoms with van der Waals surface area (Å²) in [4.78, 5) is 30.6. The molecule has 0 spiro atoms. The Labute approximate surface area is 141 Å². The highest BCUT2D eigenvalue weighted by atomic mass is 16.4. The number of piperidine rings is 1. The van der Waals surface area contributed by atoms with Crippen LogP contribution in [0.3, 0.4) is 0 Å². The number of hydrogen-bond acceptors (Lipinski definition) is 3. The summed E-state index contributed by atoms with van der Waals surface area (Å²) in [6.45, 7) is 4.98. The third-order valence-corrected chi connectivity index (χ3v) is 4.62. The maximum atomic E-state index is 13.1. The minimum Gasteiger partial charge on any atom is -0.481 e. The Kier molecular flexibility index (Phi) is 4.51. The van der Waals surface area contributed by atoms with E-state index in [1.54, 1.807) is 4.90 Å². The van der Waals surface area contributed by atoms with Crippen molar-refractivity contribution in [3.8, 4) is 0 Å². The molecule has 1 amide bonds. The fourth-order valence-electron chi connectivity index (χ4n) is 3.20. The van der Waals surface area contributed by atoms with Gasteiger partial charge in [-0.15, -0.1) is 0 Å². The number of rotatable bonds is 3. The zero-order valence-corrected chi connectivity index (χ0v) is 14.0. The molecule has 1 aliphatic heterocycles. The van der Waals surface area contributed by atoms with Gasteiger partial charge in [0, 0.05) is 24.2 Å². The van der Waals surface area contributed by atoms with E-state index in [1.807, 2.05) is 44.2 Å². The van der Waals surface area contributed by atoms with Crippen LogP contribution >= 0.6 is 0 Å². The van der Waals surface area contributed by atoms with E-state index in [4.69, 9.17) is 0 Å². The van der Waals surface area contributed by atoms with Gasteiger partial charge in [0.2, 0.25) is 0 Å². The number of aromatic nitrogens is 1. The van der Waals surface area contributed by atoms with Crippen molar-refractivity contribution in [3.63, 3.8) is 0 Å². The molecule has 1 N–H and O–H groups in total. The van der Waals surface area contributed by atoms with Gasteiger partial charge in [-0.1, -0.05) is 32.0 Å². The summed E-state index contributed by atoms with van der Waals surface area (Å²) in [5.74, 6) is -1.17. The molecule has 0 saturated carbocycles. The van der Waals surface area contributed by atoms with Crippen LogP contribution in [0.25, 0.3) is 10.9 Å². The van der Waals surface area contributed by atoms with Crippen LogP contribution in [0.5, 0.6) is 0 Å². The number of carbonyl (C=O) groups excluding carboxylic acids is 1. The standard InChI is InChI=1S/C19H22N2O3/c1-12(2)17-10-15(14-7-3-4-8-16(14)20-17)18(22)21-9-5-6-13(11-21)19(23)24/h3-4,7-8,10,12-13H,5-6,9,11H2,1-2H3,(H,23,24)/t13-/m0/s1. The summed E-state index contributed by atoms with van der Waals surface area (Å²) in [5.41, 5.74) is 2.30. The van der Waals surface area contributed by atoms with Gasteiger partial charge >= 0.3 is 5.97 Å². The summed E-state index contributed by atoms with van der Waals surface area (Å²) in [7, 11) is 0. The summed E-state index contributed by atoms with van der Waals surface area (Å²) in [5, 5.41) is 10.1. The van der Waals surface area contributed by atoms with Crippen LogP contribution in [0.1, 0.15) is 48.7 Å². The molecule has 0 bridgehead atoms. The van der Waals surface area contributed by atoms with Crippen molar-refractivity contribution in [2.24, 2.45) is 5.92 Å². The van der Waals surface area contributed by atoms with E-state index < -0.39 is 11.9 Å². The third-order valence-electron chi connectivity index (χ3n) is 4.62. The lowest BCUT2D eigenvalue weighted by atomic mass is 9.96. The molecule has 24 heavy (non-hydrogen) atoms. The molecule has 1 aromatic heterocycles. The zero-order chi connectivity index (χ0) is 17.3. The molecule has 0 unspecified atom stereocenters. The van der Waals surface area contributed by atoms with Gasteiger partial charge in [-0.2, -0.15) is 0 Å². The molecule has 1 atom stereocenters. The summed E-state index contributed by atoms with van der Waals surface area (Å²) >= 11 is 0. The molecule has 1 aliphatic rings. The molecule has 2 aromatic rings. The molecule has 0 radical (unpaired) electrons. The highest BCUT2D eigenvalue weighted by Gasteiger charge is 2.29. The number of aliphatic carboxylic acids is 1. The first kappa shape index (κ1) is 16.4. The average molecular weight is 326 g/mol.